The molecule has 0 aliphatic heterocycles. The summed E-state index contributed by atoms with van der Waals surface area (Å²) in [5, 5.41) is 3.56. The molecule has 0 spiro atoms. The highest BCUT2D eigenvalue weighted by Crippen LogP contribution is 2.39. The van der Waals surface area contributed by atoms with E-state index in [0.717, 1.165) is 32.2 Å². The summed E-state index contributed by atoms with van der Waals surface area (Å²) in [4.78, 5) is 0. The summed E-state index contributed by atoms with van der Waals surface area (Å²) in [5.41, 5.74) is 0. The average molecular weight is 259 g/mol. The Bertz CT molecular complexity index is 191. The fraction of sp³-hybridized carbons (Fsp3) is 1.00. The molecule has 1 aliphatic carbocycles. The van der Waals surface area contributed by atoms with Crippen LogP contribution in [0.4, 0.5) is 0 Å². The van der Waals surface area contributed by atoms with Crippen LogP contribution in [0.3, 0.4) is 0 Å². The van der Waals surface area contributed by atoms with E-state index in [2.05, 4.69) is 25.4 Å². The van der Waals surface area contributed by atoms with Crippen molar-refractivity contribution in [1.29, 1.82) is 0 Å². The van der Waals surface area contributed by atoms with Gasteiger partial charge in [-0.2, -0.15) is 11.8 Å². The molecule has 102 valence electrons. The van der Waals surface area contributed by atoms with Gasteiger partial charge in [0.1, 0.15) is 0 Å². The quantitative estimate of drug-likeness (QED) is 0.642. The third-order valence-electron chi connectivity index (χ3n) is 3.66. The van der Waals surface area contributed by atoms with E-state index in [9.17, 15) is 0 Å². The van der Waals surface area contributed by atoms with E-state index in [0.29, 0.717) is 4.75 Å². The topological polar surface area (TPSA) is 21.3 Å². The van der Waals surface area contributed by atoms with Gasteiger partial charge < -0.3 is 10.1 Å². The SMILES string of the molecule is CSC1(CNCCOCCC(C)C)CCCC1. The van der Waals surface area contributed by atoms with Crippen LogP contribution >= 0.6 is 11.8 Å². The molecule has 1 rings (SSSR count). The van der Waals surface area contributed by atoms with Crippen LogP contribution in [-0.2, 0) is 4.74 Å². The minimum absolute atomic E-state index is 0.526. The number of rotatable bonds is 9. The molecule has 1 saturated carbocycles. The first-order valence-electron chi connectivity index (χ1n) is 7.02. The summed E-state index contributed by atoms with van der Waals surface area (Å²) in [7, 11) is 0. The lowest BCUT2D eigenvalue weighted by Crippen LogP contribution is -2.36. The van der Waals surface area contributed by atoms with Gasteiger partial charge in [0.05, 0.1) is 6.61 Å². The molecule has 0 atom stereocenters. The molecule has 1 aliphatic rings. The zero-order valence-electron chi connectivity index (χ0n) is 11.8. The summed E-state index contributed by atoms with van der Waals surface area (Å²) in [6.45, 7) is 8.40. The van der Waals surface area contributed by atoms with Crippen molar-refractivity contribution in [2.75, 3.05) is 32.6 Å². The third-order valence-corrected chi connectivity index (χ3v) is 5.08. The fourth-order valence-electron chi connectivity index (χ4n) is 2.35. The van der Waals surface area contributed by atoms with E-state index in [4.69, 9.17) is 4.74 Å². The Morgan fingerprint density at radius 3 is 2.53 bits per heavy atom. The molecule has 0 amide bonds. The van der Waals surface area contributed by atoms with Crippen LogP contribution in [0.1, 0.15) is 46.0 Å². The van der Waals surface area contributed by atoms with E-state index in [1.807, 2.05) is 11.8 Å². The third kappa shape index (κ3) is 6.12. The highest BCUT2D eigenvalue weighted by atomic mass is 32.2. The first-order chi connectivity index (χ1) is 8.18. The summed E-state index contributed by atoms with van der Waals surface area (Å²) in [6.07, 6.45) is 9.02. The predicted octanol–water partition coefficient (Wildman–Crippen LogP) is 3.31. The second-order valence-electron chi connectivity index (χ2n) is 5.57. The van der Waals surface area contributed by atoms with Gasteiger partial charge in [0.25, 0.3) is 0 Å². The molecule has 0 unspecified atom stereocenters. The van der Waals surface area contributed by atoms with Crippen molar-refractivity contribution in [3.05, 3.63) is 0 Å². The Balaban J connectivity index is 1.96. The molecular weight excluding hydrogens is 230 g/mol. The van der Waals surface area contributed by atoms with Crippen molar-refractivity contribution in [1.82, 2.24) is 5.32 Å². The number of thioether (sulfide) groups is 1. The molecule has 2 nitrogen and oxygen atoms in total. The van der Waals surface area contributed by atoms with Crippen molar-refractivity contribution in [2.24, 2.45) is 5.92 Å². The Morgan fingerprint density at radius 1 is 1.24 bits per heavy atom. The zero-order chi connectivity index (χ0) is 12.6. The molecule has 0 aromatic heterocycles. The molecule has 3 heteroatoms. The van der Waals surface area contributed by atoms with Crippen LogP contribution in [0.15, 0.2) is 0 Å². The summed E-state index contributed by atoms with van der Waals surface area (Å²) < 4.78 is 6.13. The van der Waals surface area contributed by atoms with Crippen molar-refractivity contribution in [3.8, 4) is 0 Å². The lowest BCUT2D eigenvalue weighted by Gasteiger charge is -2.27. The van der Waals surface area contributed by atoms with Gasteiger partial charge in [-0.3, -0.25) is 0 Å². The van der Waals surface area contributed by atoms with E-state index in [-0.39, 0.29) is 0 Å². The van der Waals surface area contributed by atoms with Gasteiger partial charge in [0, 0.05) is 24.4 Å². The molecule has 0 aromatic carbocycles. The number of ether oxygens (including phenoxy) is 1. The van der Waals surface area contributed by atoms with Gasteiger partial charge in [-0.25, -0.2) is 0 Å². The van der Waals surface area contributed by atoms with Crippen LogP contribution < -0.4 is 5.32 Å². The van der Waals surface area contributed by atoms with Gasteiger partial charge >= 0.3 is 0 Å². The Morgan fingerprint density at radius 2 is 1.94 bits per heavy atom. The Hall–Kier alpha value is 0.270. The molecule has 17 heavy (non-hydrogen) atoms. The number of hydrogen-bond donors (Lipinski definition) is 1. The van der Waals surface area contributed by atoms with E-state index in [1.165, 1.54) is 32.1 Å². The fourth-order valence-corrected chi connectivity index (χ4v) is 3.30. The molecule has 0 heterocycles. The maximum Gasteiger partial charge on any atom is 0.0590 e. The van der Waals surface area contributed by atoms with Crippen molar-refractivity contribution in [3.63, 3.8) is 0 Å². The smallest absolute Gasteiger partial charge is 0.0590 e. The summed E-state index contributed by atoms with van der Waals surface area (Å²) in [6, 6.07) is 0. The number of hydrogen-bond acceptors (Lipinski definition) is 3. The first-order valence-corrected chi connectivity index (χ1v) is 8.25. The summed E-state index contributed by atoms with van der Waals surface area (Å²) in [5.74, 6) is 0.751. The zero-order valence-corrected chi connectivity index (χ0v) is 12.6. The standard InChI is InChI=1S/C14H29NOS/c1-13(2)6-10-16-11-9-15-12-14(17-3)7-4-5-8-14/h13,15H,4-12H2,1-3H3. The first kappa shape index (κ1) is 15.3. The maximum absolute atomic E-state index is 5.61. The average Bonchev–Trinajstić information content (AvgIpc) is 2.77. The van der Waals surface area contributed by atoms with E-state index >= 15 is 0 Å². The van der Waals surface area contributed by atoms with Crippen molar-refractivity contribution < 1.29 is 4.74 Å². The van der Waals surface area contributed by atoms with E-state index < -0.39 is 0 Å². The maximum atomic E-state index is 5.61. The Kier molecular flexibility index (Phi) is 7.56. The van der Waals surface area contributed by atoms with Crippen LogP contribution in [0.2, 0.25) is 0 Å². The monoisotopic (exact) mass is 259 g/mol. The van der Waals surface area contributed by atoms with Crippen molar-refractivity contribution in [2.45, 2.75) is 50.7 Å². The van der Waals surface area contributed by atoms with Crippen LogP contribution in [0.5, 0.6) is 0 Å². The molecule has 0 aromatic rings. The second-order valence-corrected chi connectivity index (χ2v) is 6.84. The van der Waals surface area contributed by atoms with Gasteiger partial charge in [-0.15, -0.1) is 0 Å². The predicted molar refractivity (Wildman–Crippen MR) is 77.9 cm³/mol. The largest absolute Gasteiger partial charge is 0.380 e. The van der Waals surface area contributed by atoms with Crippen molar-refractivity contribution >= 4 is 11.8 Å². The van der Waals surface area contributed by atoms with E-state index in [1.54, 1.807) is 0 Å². The van der Waals surface area contributed by atoms with Crippen LogP contribution in [0, 0.1) is 5.92 Å². The van der Waals surface area contributed by atoms with Gasteiger partial charge in [0.15, 0.2) is 0 Å². The highest BCUT2D eigenvalue weighted by molar-refractivity contribution is 8.00. The van der Waals surface area contributed by atoms with Gasteiger partial charge in [0.2, 0.25) is 0 Å². The molecule has 0 radical (unpaired) electrons. The van der Waals surface area contributed by atoms with Gasteiger partial charge in [-0.05, 0) is 31.4 Å². The number of nitrogens with one attached hydrogen (secondary N) is 1. The van der Waals surface area contributed by atoms with Gasteiger partial charge in [-0.1, -0.05) is 26.7 Å². The highest BCUT2D eigenvalue weighted by Gasteiger charge is 2.32. The second kappa shape index (κ2) is 8.39. The molecular formula is C14H29NOS. The molecule has 0 saturated heterocycles. The lowest BCUT2D eigenvalue weighted by atomic mass is 10.1. The lowest BCUT2D eigenvalue weighted by molar-refractivity contribution is 0.125. The normalized spacial score (nSPS) is 19.1. The molecule has 0 bridgehead atoms. The minimum Gasteiger partial charge on any atom is -0.380 e. The van der Waals surface area contributed by atoms with Crippen LogP contribution in [0.25, 0.3) is 0 Å². The summed E-state index contributed by atoms with van der Waals surface area (Å²) >= 11 is 2.05. The minimum atomic E-state index is 0.526. The Labute approximate surface area is 111 Å². The molecule has 1 fully saturated rings. The van der Waals surface area contributed by atoms with Crippen LogP contribution in [-0.4, -0.2) is 37.3 Å². The molecule has 1 N–H and O–H groups in total.